The third-order valence-electron chi connectivity index (χ3n) is 6.42. The third-order valence-corrected chi connectivity index (χ3v) is 7.81. The number of amides is 1. The van der Waals surface area contributed by atoms with Gasteiger partial charge >= 0.3 is 5.97 Å². The second-order valence-electron chi connectivity index (χ2n) is 10.3. The zero-order valence-corrected chi connectivity index (χ0v) is 22.8. The van der Waals surface area contributed by atoms with Crippen molar-refractivity contribution in [3.8, 4) is 21.7 Å². The first-order valence-electron chi connectivity index (χ1n) is 11.9. The summed E-state index contributed by atoms with van der Waals surface area (Å²) in [6, 6.07) is 15.3. The highest BCUT2D eigenvalue weighted by Gasteiger charge is 2.32. The number of hydrogen-bond acceptors (Lipinski definition) is 5. The van der Waals surface area contributed by atoms with Crippen molar-refractivity contribution < 1.29 is 19.4 Å². The summed E-state index contributed by atoms with van der Waals surface area (Å²) in [6.45, 7) is 7.44. The van der Waals surface area contributed by atoms with Gasteiger partial charge in [0.2, 0.25) is 5.91 Å². The highest BCUT2D eigenvalue weighted by Crippen LogP contribution is 2.45. The average Bonchev–Trinajstić information content (AvgIpc) is 3.36. The Balaban J connectivity index is 1.75. The summed E-state index contributed by atoms with van der Waals surface area (Å²) in [5.74, 6) is -0.981. The molecule has 0 saturated heterocycles. The second-order valence-corrected chi connectivity index (χ2v) is 11.7. The lowest BCUT2D eigenvalue weighted by atomic mass is 9.91. The van der Waals surface area contributed by atoms with Crippen molar-refractivity contribution >= 4 is 50.7 Å². The Kier molecular flexibility index (Phi) is 6.34. The van der Waals surface area contributed by atoms with Gasteiger partial charge in [0.1, 0.15) is 5.01 Å². The molecule has 0 saturated carbocycles. The van der Waals surface area contributed by atoms with Crippen LogP contribution < -0.4 is 4.90 Å². The van der Waals surface area contributed by atoms with Crippen LogP contribution in [0.3, 0.4) is 0 Å². The van der Waals surface area contributed by atoms with E-state index in [9.17, 15) is 14.7 Å². The van der Waals surface area contributed by atoms with Gasteiger partial charge in [-0.05, 0) is 80.8 Å². The number of carboxylic acids is 1. The average molecular weight is 535 g/mol. The number of carbonyl (C=O) groups excluding carboxylic acids is 1. The van der Waals surface area contributed by atoms with Crippen LogP contribution >= 0.6 is 22.9 Å². The van der Waals surface area contributed by atoms with E-state index in [1.54, 1.807) is 24.1 Å². The number of aryl methyl sites for hydroxylation is 1. The van der Waals surface area contributed by atoms with E-state index in [0.29, 0.717) is 17.0 Å². The number of aromatic nitrogens is 1. The Labute approximate surface area is 224 Å². The van der Waals surface area contributed by atoms with Gasteiger partial charge in [0.15, 0.2) is 6.10 Å². The molecule has 6 nitrogen and oxygen atoms in total. The topological polar surface area (TPSA) is 79.7 Å². The van der Waals surface area contributed by atoms with Crippen LogP contribution in [0.2, 0.25) is 5.02 Å². The summed E-state index contributed by atoms with van der Waals surface area (Å²) >= 11 is 7.69. The number of carboxylic acid groups (broad SMARTS) is 1. The number of benzene rings is 3. The Bertz CT molecular complexity index is 1550. The molecule has 37 heavy (non-hydrogen) atoms. The molecule has 190 valence electrons. The monoisotopic (exact) mass is 534 g/mol. The molecule has 0 bridgehead atoms. The first kappa shape index (κ1) is 25.4. The van der Waals surface area contributed by atoms with E-state index in [0.717, 1.165) is 48.7 Å². The van der Waals surface area contributed by atoms with E-state index in [1.165, 1.54) is 11.3 Å². The van der Waals surface area contributed by atoms with Gasteiger partial charge in [-0.1, -0.05) is 23.7 Å². The summed E-state index contributed by atoms with van der Waals surface area (Å²) in [7, 11) is 1.78. The van der Waals surface area contributed by atoms with Crippen molar-refractivity contribution in [3.63, 3.8) is 0 Å². The predicted octanol–water partition coefficient (Wildman–Crippen LogP) is 7.05. The van der Waals surface area contributed by atoms with Crippen LogP contribution in [-0.2, 0) is 20.7 Å². The predicted molar refractivity (Wildman–Crippen MR) is 149 cm³/mol. The summed E-state index contributed by atoms with van der Waals surface area (Å²) in [5.41, 5.74) is 5.93. The van der Waals surface area contributed by atoms with E-state index in [4.69, 9.17) is 21.3 Å². The normalized spacial score (nSPS) is 14.3. The van der Waals surface area contributed by atoms with Gasteiger partial charge in [0, 0.05) is 34.4 Å². The number of hydrogen-bond donors (Lipinski definition) is 1. The van der Waals surface area contributed by atoms with Crippen molar-refractivity contribution in [1.29, 1.82) is 0 Å². The molecule has 1 aromatic heterocycles. The third kappa shape index (κ3) is 4.75. The van der Waals surface area contributed by atoms with Gasteiger partial charge < -0.3 is 14.7 Å². The molecule has 1 aliphatic heterocycles. The molecule has 1 amide bonds. The fourth-order valence-corrected chi connectivity index (χ4v) is 6.01. The van der Waals surface area contributed by atoms with Crippen LogP contribution in [0.4, 0.5) is 5.69 Å². The molecule has 1 atom stereocenters. The number of halogens is 1. The number of ether oxygens (including phenoxy) is 1. The maximum Gasteiger partial charge on any atom is 0.337 e. The molecule has 0 fully saturated rings. The Morgan fingerprint density at radius 2 is 1.81 bits per heavy atom. The minimum Gasteiger partial charge on any atom is -0.479 e. The number of carbonyl (C=O) groups is 2. The Morgan fingerprint density at radius 3 is 2.46 bits per heavy atom. The molecule has 8 heteroatoms. The number of anilines is 1. The number of rotatable bonds is 5. The number of nitrogens with zero attached hydrogens (tertiary/aromatic N) is 2. The second kappa shape index (κ2) is 9.24. The lowest BCUT2D eigenvalue weighted by molar-refractivity contribution is -0.160. The molecular weight excluding hydrogens is 508 g/mol. The highest BCUT2D eigenvalue weighted by atomic mass is 35.5. The minimum atomic E-state index is -1.16. The van der Waals surface area contributed by atoms with Gasteiger partial charge in [-0.2, -0.15) is 0 Å². The zero-order chi connectivity index (χ0) is 26.6. The lowest BCUT2D eigenvalue weighted by Crippen LogP contribution is -2.28. The first-order chi connectivity index (χ1) is 17.4. The summed E-state index contributed by atoms with van der Waals surface area (Å²) in [6.07, 6.45) is -0.795. The van der Waals surface area contributed by atoms with Crippen LogP contribution in [0.25, 0.3) is 31.9 Å². The first-order valence-corrected chi connectivity index (χ1v) is 13.1. The molecular formula is C29H27ClN2O4S. The molecule has 0 unspecified atom stereocenters. The van der Waals surface area contributed by atoms with E-state index in [2.05, 4.69) is 0 Å². The van der Waals surface area contributed by atoms with Crippen LogP contribution in [0.5, 0.6) is 0 Å². The van der Waals surface area contributed by atoms with Gasteiger partial charge in [-0.15, -0.1) is 11.3 Å². The molecule has 5 rings (SSSR count). The minimum absolute atomic E-state index is 0.0697. The van der Waals surface area contributed by atoms with Crippen molar-refractivity contribution in [3.05, 3.63) is 70.2 Å². The largest absolute Gasteiger partial charge is 0.479 e. The number of thiazole rings is 1. The maximum atomic E-state index is 12.5. The van der Waals surface area contributed by atoms with E-state index >= 15 is 0 Å². The molecule has 1 aliphatic rings. The quantitative estimate of drug-likeness (QED) is 0.297. The fraction of sp³-hybridized carbons (Fsp3) is 0.276. The number of fused-ring (bicyclic) bond motifs is 2. The summed E-state index contributed by atoms with van der Waals surface area (Å²) in [4.78, 5) is 31.3. The maximum absolute atomic E-state index is 12.5. The van der Waals surface area contributed by atoms with Crippen molar-refractivity contribution in [2.24, 2.45) is 0 Å². The van der Waals surface area contributed by atoms with Gasteiger partial charge in [-0.25, -0.2) is 9.78 Å². The van der Waals surface area contributed by atoms with Crippen LogP contribution in [0.15, 0.2) is 48.5 Å². The van der Waals surface area contributed by atoms with Crippen molar-refractivity contribution in [2.45, 2.75) is 45.8 Å². The molecule has 1 N–H and O–H groups in total. The van der Waals surface area contributed by atoms with Gasteiger partial charge in [0.05, 0.1) is 22.2 Å². The van der Waals surface area contributed by atoms with E-state index < -0.39 is 17.7 Å². The summed E-state index contributed by atoms with van der Waals surface area (Å²) in [5, 5.41) is 11.6. The smallest absolute Gasteiger partial charge is 0.337 e. The zero-order valence-electron chi connectivity index (χ0n) is 21.3. The Hall–Kier alpha value is -3.26. The Morgan fingerprint density at radius 1 is 1.14 bits per heavy atom. The van der Waals surface area contributed by atoms with Crippen molar-refractivity contribution in [1.82, 2.24) is 4.98 Å². The van der Waals surface area contributed by atoms with E-state index in [-0.39, 0.29) is 5.91 Å². The SMILES string of the molecule is Cc1cc2nc(-c3ccc4c(c3)CC(=O)N4C)sc2c(-c2ccc(Cl)cc2)c1[C@H](OC(C)(C)C)C(=O)O. The molecule has 3 aromatic carbocycles. The molecule has 0 aliphatic carbocycles. The lowest BCUT2D eigenvalue weighted by Gasteiger charge is -2.28. The van der Waals surface area contributed by atoms with Gasteiger partial charge in [-0.3, -0.25) is 4.79 Å². The molecule has 0 radical (unpaired) electrons. The number of likely N-dealkylation sites (N-methyl/N-ethyl adjacent to an activating group) is 1. The van der Waals surface area contributed by atoms with Crippen LogP contribution in [0, 0.1) is 6.92 Å². The van der Waals surface area contributed by atoms with Gasteiger partial charge in [0.25, 0.3) is 0 Å². The fourth-order valence-electron chi connectivity index (χ4n) is 4.77. The van der Waals surface area contributed by atoms with E-state index in [1.807, 2.05) is 64.1 Å². The summed E-state index contributed by atoms with van der Waals surface area (Å²) < 4.78 is 6.96. The highest BCUT2D eigenvalue weighted by molar-refractivity contribution is 7.22. The number of aliphatic carboxylic acids is 1. The molecule has 0 spiro atoms. The molecule has 4 aromatic rings. The van der Waals surface area contributed by atoms with Crippen molar-refractivity contribution in [2.75, 3.05) is 11.9 Å². The van der Waals surface area contributed by atoms with Crippen LogP contribution in [-0.4, -0.2) is 34.6 Å². The van der Waals surface area contributed by atoms with Crippen LogP contribution in [0.1, 0.15) is 43.6 Å². The standard InChI is InChI=1S/C29H27ClN2O4S/c1-15-12-20-26(37-27(31-20)17-8-11-21-18(13-17)14-22(33)32(21)5)24(16-6-9-19(30)10-7-16)23(15)25(28(34)35)36-29(2,3)4/h6-13,25H,14H2,1-5H3,(H,34,35)/t25-/m0/s1. The molecule has 2 heterocycles.